The summed E-state index contributed by atoms with van der Waals surface area (Å²) >= 11 is 0. The minimum Gasteiger partial charge on any atom is -0.351 e. The van der Waals surface area contributed by atoms with Crippen LogP contribution >= 0.6 is 0 Å². The summed E-state index contributed by atoms with van der Waals surface area (Å²) in [7, 11) is -2.39. The Morgan fingerprint density at radius 3 is 0.622 bits per heavy atom. The Balaban J connectivity index is -0.000000106. The van der Waals surface area contributed by atoms with Crippen molar-refractivity contribution in [3.05, 3.63) is 74.9 Å². The minimum absolute atomic E-state index is 0. The first kappa shape index (κ1) is 44.5. The van der Waals surface area contributed by atoms with Crippen LogP contribution in [0.1, 0.15) is 0 Å². The van der Waals surface area contributed by atoms with Gasteiger partial charge in [0.1, 0.15) is 0 Å². The third-order valence-corrected chi connectivity index (χ3v) is 1.62. The average molecular weight is 625 g/mol. The van der Waals surface area contributed by atoms with Crippen molar-refractivity contribution in [2.45, 2.75) is 0 Å². The largest absolute Gasteiger partial charge is 2.00 e. The number of imidazole rings is 4. The van der Waals surface area contributed by atoms with Gasteiger partial charge in [-0.15, -0.1) is 20.5 Å². The molecule has 37 heavy (non-hydrogen) atoms. The molecule has 21 heteroatoms. The van der Waals surface area contributed by atoms with Gasteiger partial charge in [0.15, 0.2) is 0 Å². The fourth-order valence-corrected chi connectivity index (χ4v) is 0.861. The fourth-order valence-electron chi connectivity index (χ4n) is 0.861. The van der Waals surface area contributed by atoms with E-state index in [0.29, 0.717) is 0 Å². The maximum Gasteiger partial charge on any atom is 2.00 e. The van der Waals surface area contributed by atoms with Crippen molar-refractivity contribution in [2.24, 2.45) is 0 Å². The molecule has 4 heterocycles. The Labute approximate surface area is 228 Å². The van der Waals surface area contributed by atoms with Crippen molar-refractivity contribution >= 4 is 0 Å². The third-order valence-electron chi connectivity index (χ3n) is 1.62. The molecule has 0 spiro atoms. The standard InChI is InChI=1S/4C3H4N2.2C2H7N.2ClHO4.Cu/c4*1-2-5-3-4-1;2*1-3-2;2*2-1(3,4)5;/h4*1-3H,(H,4,5);2*3H,1-2H3;2*(H,2,3,4,5);/q;;;;;;;;+2/p-2. The number of aromatic amines is 4. The van der Waals surface area contributed by atoms with Crippen molar-refractivity contribution in [2.75, 3.05) is 28.2 Å². The van der Waals surface area contributed by atoms with Gasteiger partial charge in [-0.05, 0) is 28.2 Å². The monoisotopic (exact) mass is 623 g/mol. The maximum atomic E-state index is 8.49. The van der Waals surface area contributed by atoms with Crippen molar-refractivity contribution in [3.8, 4) is 0 Å². The number of hydrogen-bond donors (Lipinski definition) is 6. The second kappa shape index (κ2) is 35.7. The van der Waals surface area contributed by atoms with E-state index in [1.54, 1.807) is 74.9 Å². The van der Waals surface area contributed by atoms with E-state index in [9.17, 15) is 0 Å². The molecule has 4 rings (SSSR count). The van der Waals surface area contributed by atoms with Crippen LogP contribution in [0.3, 0.4) is 0 Å². The second-order valence-electron chi connectivity index (χ2n) is 4.80. The summed E-state index contributed by atoms with van der Waals surface area (Å²) in [5.74, 6) is 0. The molecule has 0 fully saturated rings. The predicted octanol–water partition coefficient (Wildman–Crippen LogP) is -8.20. The molecule has 217 valence electrons. The number of halogens is 2. The van der Waals surface area contributed by atoms with E-state index in [0.717, 1.165) is 0 Å². The van der Waals surface area contributed by atoms with E-state index in [1.165, 1.54) is 0 Å². The first-order chi connectivity index (χ1) is 16.8. The van der Waals surface area contributed by atoms with Crippen LogP contribution in [0.2, 0.25) is 0 Å². The summed E-state index contributed by atoms with van der Waals surface area (Å²) in [5, 5.41) is 5.50. The molecule has 6 N–H and O–H groups in total. The van der Waals surface area contributed by atoms with Gasteiger partial charge in [-0.2, -0.15) is 0 Å². The fraction of sp³-hybridized carbons (Fsp3) is 0.250. The average Bonchev–Trinajstić information content (AvgIpc) is 3.59. The van der Waals surface area contributed by atoms with Crippen LogP contribution in [-0.2, 0) is 17.1 Å². The summed E-state index contributed by atoms with van der Waals surface area (Å²) < 4.78 is 67.9. The first-order valence-corrected chi connectivity index (χ1v) is 11.4. The molecule has 0 aliphatic carbocycles. The van der Waals surface area contributed by atoms with Crippen LogP contribution in [-0.4, -0.2) is 68.1 Å². The SMILES string of the molecule is CNC.CNC.[Cu+2].[O-][Cl+3]([O-])([O-])[O-].[O-][Cl+3]([O-])([O-])[O-].c1c[nH]cn1.c1c[nH]cn1.c1c[nH]cn1.c1c[nH]cn1. The van der Waals surface area contributed by atoms with Crippen LogP contribution in [0.15, 0.2) is 74.9 Å². The van der Waals surface area contributed by atoms with E-state index in [-0.39, 0.29) is 17.1 Å². The Bertz CT molecular complexity index is 561. The van der Waals surface area contributed by atoms with E-state index < -0.39 is 20.5 Å². The van der Waals surface area contributed by atoms with Crippen molar-refractivity contribution in [3.63, 3.8) is 0 Å². The molecule has 0 aromatic carbocycles. The molecule has 4 aromatic rings. The summed E-state index contributed by atoms with van der Waals surface area (Å²) in [5.41, 5.74) is 0. The Morgan fingerprint density at radius 1 is 0.459 bits per heavy atom. The predicted molar refractivity (Wildman–Crippen MR) is 104 cm³/mol. The van der Waals surface area contributed by atoms with Gasteiger partial charge >= 0.3 is 17.1 Å². The van der Waals surface area contributed by atoms with Crippen LogP contribution < -0.4 is 47.9 Å². The Hall–Kier alpha value is -2.46. The Kier molecular flexibility index (Phi) is 43.0. The molecular weight excluding hydrogens is 595 g/mol. The number of rotatable bonds is 0. The van der Waals surface area contributed by atoms with E-state index in [2.05, 4.69) is 50.5 Å². The van der Waals surface area contributed by atoms with Crippen LogP contribution in [0.25, 0.3) is 0 Å². The number of nitrogens with zero attached hydrogens (tertiary/aromatic N) is 4. The van der Waals surface area contributed by atoms with Crippen LogP contribution in [0.4, 0.5) is 0 Å². The Morgan fingerprint density at radius 2 is 0.595 bits per heavy atom. The van der Waals surface area contributed by atoms with E-state index >= 15 is 0 Å². The van der Waals surface area contributed by atoms with Gasteiger partial charge in [0.2, 0.25) is 0 Å². The van der Waals surface area contributed by atoms with Crippen molar-refractivity contribution in [1.29, 1.82) is 0 Å². The van der Waals surface area contributed by atoms with Gasteiger partial charge < -0.3 is 30.6 Å². The van der Waals surface area contributed by atoms with Crippen molar-refractivity contribution < 1.29 is 74.8 Å². The number of H-pyrrole nitrogens is 4. The molecule has 0 aliphatic heterocycles. The van der Waals surface area contributed by atoms with Crippen LogP contribution in [0, 0.1) is 20.5 Å². The van der Waals surface area contributed by atoms with E-state index in [4.69, 9.17) is 37.3 Å². The molecule has 0 aliphatic rings. The minimum atomic E-state index is -4.94. The van der Waals surface area contributed by atoms with Crippen LogP contribution in [0.5, 0.6) is 0 Å². The molecule has 4 aromatic heterocycles. The van der Waals surface area contributed by atoms with Gasteiger partial charge in [0, 0.05) is 49.6 Å². The number of hydrogen-bond acceptors (Lipinski definition) is 14. The molecule has 0 atom stereocenters. The zero-order chi connectivity index (χ0) is 28.6. The van der Waals surface area contributed by atoms with Gasteiger partial charge in [-0.25, -0.2) is 57.2 Å². The zero-order valence-corrected chi connectivity index (χ0v) is 22.5. The summed E-state index contributed by atoms with van der Waals surface area (Å²) in [6.45, 7) is 0. The molecule has 0 bridgehead atoms. The number of aromatic nitrogens is 8. The molecule has 0 amide bonds. The van der Waals surface area contributed by atoms with Gasteiger partial charge in [-0.3, -0.25) is 0 Å². The molecule has 0 unspecified atom stereocenters. The molecule has 0 saturated heterocycles. The quantitative estimate of drug-likeness (QED) is 0.0989. The molecular formula is C16H30Cl2CuN10O8. The summed E-state index contributed by atoms with van der Waals surface area (Å²) in [6, 6.07) is 0. The van der Waals surface area contributed by atoms with Gasteiger partial charge in [0.05, 0.1) is 25.3 Å². The molecule has 18 nitrogen and oxygen atoms in total. The zero-order valence-electron chi connectivity index (χ0n) is 20.0. The summed E-state index contributed by atoms with van der Waals surface area (Å²) in [6.07, 6.45) is 20.3. The second-order valence-corrected chi connectivity index (χ2v) is 6.31. The topological polar surface area (TPSA) is 323 Å². The van der Waals surface area contributed by atoms with Crippen molar-refractivity contribution in [1.82, 2.24) is 50.5 Å². The smallest absolute Gasteiger partial charge is 0.351 e. The van der Waals surface area contributed by atoms with Gasteiger partial charge in [0.25, 0.3) is 0 Å². The summed E-state index contributed by atoms with van der Waals surface area (Å²) in [4.78, 5) is 25.7. The molecule has 0 saturated carbocycles. The van der Waals surface area contributed by atoms with E-state index in [1.807, 2.05) is 28.2 Å². The normalized spacial score (nSPS) is 8.54. The first-order valence-electron chi connectivity index (χ1n) is 8.94. The third kappa shape index (κ3) is 108. The van der Waals surface area contributed by atoms with Gasteiger partial charge in [-0.1, -0.05) is 0 Å². The number of nitrogens with one attached hydrogen (secondary N) is 6. The maximum absolute atomic E-state index is 8.49. The molecule has 1 radical (unpaired) electrons.